The zero-order valence-corrected chi connectivity index (χ0v) is 16.7. The molecule has 152 valence electrons. The van der Waals surface area contributed by atoms with E-state index in [4.69, 9.17) is 0 Å². The van der Waals surface area contributed by atoms with E-state index in [-0.39, 0.29) is 24.3 Å². The smallest absolute Gasteiger partial charge is 0.244 e. The Kier molecular flexibility index (Phi) is 5.61. The quantitative estimate of drug-likeness (QED) is 0.676. The van der Waals surface area contributed by atoms with Crippen LogP contribution in [0.25, 0.3) is 0 Å². The van der Waals surface area contributed by atoms with Crippen molar-refractivity contribution in [1.29, 1.82) is 0 Å². The van der Waals surface area contributed by atoms with Crippen LogP contribution in [0.1, 0.15) is 42.0 Å². The number of carbonyl (C=O) groups excluding carboxylic acids is 2. The van der Waals surface area contributed by atoms with Crippen LogP contribution in [0.3, 0.4) is 0 Å². The number of nitrogens with zero attached hydrogens (tertiary/aromatic N) is 1. The van der Waals surface area contributed by atoms with Gasteiger partial charge in [-0.2, -0.15) is 0 Å². The van der Waals surface area contributed by atoms with Gasteiger partial charge in [0.05, 0.1) is 12.0 Å². The number of amides is 2. The molecule has 0 fully saturated rings. The third-order valence-electron chi connectivity index (χ3n) is 5.51. The zero-order chi connectivity index (χ0) is 21.1. The first-order chi connectivity index (χ1) is 14.6. The second-order valence-corrected chi connectivity index (χ2v) is 7.43. The molecule has 0 spiro atoms. The van der Waals surface area contributed by atoms with Gasteiger partial charge in [0.25, 0.3) is 0 Å². The Morgan fingerprint density at radius 2 is 1.73 bits per heavy atom. The number of benzene rings is 3. The van der Waals surface area contributed by atoms with Gasteiger partial charge < -0.3 is 10.2 Å². The van der Waals surface area contributed by atoms with E-state index >= 15 is 0 Å². The Balaban J connectivity index is 1.85. The summed E-state index contributed by atoms with van der Waals surface area (Å²) in [6.45, 7) is 1.86. The van der Waals surface area contributed by atoms with Crippen LogP contribution in [0.2, 0.25) is 0 Å². The molecule has 2 amide bonds. The van der Waals surface area contributed by atoms with Crippen LogP contribution in [0, 0.1) is 5.82 Å². The minimum absolute atomic E-state index is 0.0992. The lowest BCUT2D eigenvalue weighted by molar-refractivity contribution is -0.137. The summed E-state index contributed by atoms with van der Waals surface area (Å²) in [5.41, 5.74) is 2.83. The van der Waals surface area contributed by atoms with Crippen LogP contribution >= 0.6 is 0 Å². The van der Waals surface area contributed by atoms with Crippen molar-refractivity contribution in [3.05, 3.63) is 101 Å². The summed E-state index contributed by atoms with van der Waals surface area (Å²) in [7, 11) is 0. The molecule has 30 heavy (non-hydrogen) atoms. The highest BCUT2D eigenvalue weighted by Gasteiger charge is 2.36. The van der Waals surface area contributed by atoms with E-state index < -0.39 is 11.9 Å². The molecule has 3 aromatic carbocycles. The largest absolute Gasteiger partial charge is 0.324 e. The van der Waals surface area contributed by atoms with Gasteiger partial charge in [-0.25, -0.2) is 4.39 Å². The van der Waals surface area contributed by atoms with Gasteiger partial charge in [0, 0.05) is 11.3 Å². The lowest BCUT2D eigenvalue weighted by atomic mass is 9.91. The summed E-state index contributed by atoms with van der Waals surface area (Å²) >= 11 is 0. The molecule has 0 unspecified atom stereocenters. The van der Waals surface area contributed by atoms with Gasteiger partial charge in [-0.15, -0.1) is 0 Å². The van der Waals surface area contributed by atoms with Gasteiger partial charge in [-0.3, -0.25) is 9.59 Å². The second-order valence-electron chi connectivity index (χ2n) is 7.43. The molecular formula is C25H23FN2O2. The first-order valence-electron chi connectivity index (χ1n) is 10.1. The molecule has 0 saturated heterocycles. The van der Waals surface area contributed by atoms with Gasteiger partial charge in [-0.1, -0.05) is 67.6 Å². The topological polar surface area (TPSA) is 49.4 Å². The van der Waals surface area contributed by atoms with Gasteiger partial charge in [-0.05, 0) is 35.7 Å². The van der Waals surface area contributed by atoms with E-state index in [0.717, 1.165) is 11.1 Å². The standard InChI is InChI=1S/C25H23FN2O2/c1-2-20(17-9-5-3-6-10-17)25(30)28-16-23(29)27-22-14-13-19(26)15-21(22)24(28)18-11-7-4-8-12-18/h3-15,20,24H,2,16H2,1H3,(H,27,29)/t20-,24-/m1/s1. The highest BCUT2D eigenvalue weighted by molar-refractivity contribution is 5.98. The Hall–Kier alpha value is -3.47. The maximum Gasteiger partial charge on any atom is 0.244 e. The van der Waals surface area contributed by atoms with Crippen LogP contribution in [-0.2, 0) is 9.59 Å². The number of carbonyl (C=O) groups is 2. The summed E-state index contributed by atoms with van der Waals surface area (Å²) in [4.78, 5) is 28.0. The fourth-order valence-corrected chi connectivity index (χ4v) is 4.12. The molecule has 4 rings (SSSR count). The molecule has 3 aromatic rings. The minimum atomic E-state index is -0.568. The van der Waals surface area contributed by atoms with Crippen LogP contribution < -0.4 is 5.32 Å². The Morgan fingerprint density at radius 3 is 2.40 bits per heavy atom. The van der Waals surface area contributed by atoms with Gasteiger partial charge in [0.2, 0.25) is 11.8 Å². The van der Waals surface area contributed by atoms with Gasteiger partial charge >= 0.3 is 0 Å². The Labute approximate surface area is 175 Å². The Bertz CT molecular complexity index is 1050. The first kappa shape index (κ1) is 19.8. The number of nitrogens with one attached hydrogen (secondary N) is 1. The van der Waals surface area contributed by atoms with E-state index in [1.165, 1.54) is 12.1 Å². The summed E-state index contributed by atoms with van der Waals surface area (Å²) in [6.07, 6.45) is 0.596. The summed E-state index contributed by atoms with van der Waals surface area (Å²) in [5.74, 6) is -1.24. The van der Waals surface area contributed by atoms with Crippen molar-refractivity contribution in [3.8, 4) is 0 Å². The molecule has 0 bridgehead atoms. The zero-order valence-electron chi connectivity index (χ0n) is 16.7. The molecule has 0 aromatic heterocycles. The number of rotatable bonds is 4. The highest BCUT2D eigenvalue weighted by Crippen LogP contribution is 2.38. The monoisotopic (exact) mass is 402 g/mol. The van der Waals surface area contributed by atoms with Crippen molar-refractivity contribution in [2.24, 2.45) is 0 Å². The summed E-state index contributed by atoms with van der Waals surface area (Å²) < 4.78 is 14.2. The predicted molar refractivity (Wildman–Crippen MR) is 115 cm³/mol. The summed E-state index contributed by atoms with van der Waals surface area (Å²) in [6, 6.07) is 22.7. The van der Waals surface area contributed by atoms with Crippen molar-refractivity contribution >= 4 is 17.5 Å². The number of halogens is 1. The average molecular weight is 402 g/mol. The fourth-order valence-electron chi connectivity index (χ4n) is 4.12. The van der Waals surface area contributed by atoms with Crippen LogP contribution in [0.15, 0.2) is 78.9 Å². The molecule has 1 aliphatic heterocycles. The van der Waals surface area contributed by atoms with Crippen molar-refractivity contribution < 1.29 is 14.0 Å². The van der Waals surface area contributed by atoms with Gasteiger partial charge in [0.15, 0.2) is 0 Å². The second kappa shape index (κ2) is 8.49. The molecule has 1 aliphatic rings. The third-order valence-corrected chi connectivity index (χ3v) is 5.51. The molecule has 2 atom stereocenters. The predicted octanol–water partition coefficient (Wildman–Crippen LogP) is 4.89. The minimum Gasteiger partial charge on any atom is -0.324 e. The number of hydrogen-bond acceptors (Lipinski definition) is 2. The van der Waals surface area contributed by atoms with Crippen molar-refractivity contribution in [1.82, 2.24) is 4.90 Å². The fraction of sp³-hybridized carbons (Fsp3) is 0.200. The van der Waals surface area contributed by atoms with E-state index in [0.29, 0.717) is 17.7 Å². The molecule has 0 radical (unpaired) electrons. The molecule has 1 heterocycles. The maximum absolute atomic E-state index is 14.2. The third kappa shape index (κ3) is 3.83. The SMILES string of the molecule is CC[C@@H](C(=O)N1CC(=O)Nc2ccc(F)cc2[C@H]1c1ccccc1)c1ccccc1. The Morgan fingerprint density at radius 1 is 1.07 bits per heavy atom. The molecule has 0 saturated carbocycles. The van der Waals surface area contributed by atoms with E-state index in [1.807, 2.05) is 67.6 Å². The number of hydrogen-bond donors (Lipinski definition) is 1. The molecule has 4 nitrogen and oxygen atoms in total. The molecular weight excluding hydrogens is 379 g/mol. The highest BCUT2D eigenvalue weighted by atomic mass is 19.1. The van der Waals surface area contributed by atoms with Crippen LogP contribution in [-0.4, -0.2) is 23.3 Å². The van der Waals surface area contributed by atoms with Crippen molar-refractivity contribution in [2.75, 3.05) is 11.9 Å². The molecule has 1 N–H and O–H groups in total. The normalized spacial score (nSPS) is 16.9. The maximum atomic E-state index is 14.2. The molecule has 0 aliphatic carbocycles. The average Bonchev–Trinajstić information content (AvgIpc) is 2.91. The van der Waals surface area contributed by atoms with Crippen LogP contribution in [0.4, 0.5) is 10.1 Å². The van der Waals surface area contributed by atoms with Crippen molar-refractivity contribution in [3.63, 3.8) is 0 Å². The van der Waals surface area contributed by atoms with E-state index in [2.05, 4.69) is 5.32 Å². The number of fused-ring (bicyclic) bond motifs is 1. The van der Waals surface area contributed by atoms with Crippen LogP contribution in [0.5, 0.6) is 0 Å². The van der Waals surface area contributed by atoms with E-state index in [1.54, 1.807) is 11.0 Å². The number of anilines is 1. The summed E-state index contributed by atoms with van der Waals surface area (Å²) in [5, 5.41) is 2.83. The molecule has 5 heteroatoms. The lowest BCUT2D eigenvalue weighted by Crippen LogP contribution is -2.41. The van der Waals surface area contributed by atoms with Crippen molar-refractivity contribution in [2.45, 2.75) is 25.3 Å². The van der Waals surface area contributed by atoms with Gasteiger partial charge in [0.1, 0.15) is 12.4 Å². The lowest BCUT2D eigenvalue weighted by Gasteiger charge is -2.33. The van der Waals surface area contributed by atoms with E-state index in [9.17, 15) is 14.0 Å². The first-order valence-corrected chi connectivity index (χ1v) is 10.1.